The Labute approximate surface area is 105 Å². The van der Waals surface area contributed by atoms with Gasteiger partial charge in [0.2, 0.25) is 5.88 Å². The molecule has 0 N–H and O–H groups in total. The van der Waals surface area contributed by atoms with Crippen LogP contribution in [-0.4, -0.2) is 30.3 Å². The van der Waals surface area contributed by atoms with Gasteiger partial charge >= 0.3 is 0 Å². The topological polar surface area (TPSA) is 44.2 Å². The molecular weight excluding hydrogens is 272 g/mol. The van der Waals surface area contributed by atoms with Crippen LogP contribution in [0, 0.1) is 0 Å². The molecule has 0 aliphatic rings. The van der Waals surface area contributed by atoms with E-state index in [9.17, 15) is 0 Å². The highest BCUT2D eigenvalue weighted by atomic mass is 79.9. The average Bonchev–Trinajstić information content (AvgIpc) is 2.23. The molecule has 90 valence electrons. The van der Waals surface area contributed by atoms with Gasteiger partial charge in [0.05, 0.1) is 6.61 Å². The van der Waals surface area contributed by atoms with Crippen molar-refractivity contribution in [2.24, 2.45) is 0 Å². The minimum absolute atomic E-state index is 0.291. The van der Waals surface area contributed by atoms with Crippen LogP contribution in [0.3, 0.4) is 0 Å². The first-order valence-corrected chi connectivity index (χ1v) is 6.09. The number of aromatic nitrogens is 2. The Bertz CT molecular complexity index is 332. The van der Waals surface area contributed by atoms with Crippen molar-refractivity contribution < 1.29 is 9.47 Å². The maximum absolute atomic E-state index is 5.52. The zero-order valence-corrected chi connectivity index (χ0v) is 11.5. The molecule has 1 heterocycles. The highest BCUT2D eigenvalue weighted by Crippen LogP contribution is 2.18. The first-order valence-electron chi connectivity index (χ1n) is 5.29. The molecule has 4 nitrogen and oxygen atoms in total. The predicted molar refractivity (Wildman–Crippen MR) is 65.8 cm³/mol. The first kappa shape index (κ1) is 13.4. The van der Waals surface area contributed by atoms with Crippen molar-refractivity contribution in [2.45, 2.75) is 26.2 Å². The Morgan fingerprint density at radius 3 is 2.69 bits per heavy atom. The maximum atomic E-state index is 5.52. The molecule has 0 unspecified atom stereocenters. The zero-order valence-electron chi connectivity index (χ0n) is 9.86. The maximum Gasteiger partial charge on any atom is 0.217 e. The molecule has 0 radical (unpaired) electrons. The molecule has 0 saturated heterocycles. The molecule has 5 heteroatoms. The number of nitrogens with zero attached hydrogens (tertiary/aromatic N) is 2. The van der Waals surface area contributed by atoms with Gasteiger partial charge in [-0.25, -0.2) is 4.98 Å². The van der Waals surface area contributed by atoms with Crippen molar-refractivity contribution in [1.82, 2.24) is 9.97 Å². The fourth-order valence-electron chi connectivity index (χ4n) is 1.13. The van der Waals surface area contributed by atoms with E-state index < -0.39 is 0 Å². The van der Waals surface area contributed by atoms with Gasteiger partial charge in [0.1, 0.15) is 10.4 Å². The van der Waals surface area contributed by atoms with Crippen molar-refractivity contribution in [3.8, 4) is 5.88 Å². The molecule has 0 bridgehead atoms. The lowest BCUT2D eigenvalue weighted by atomic mass is 10.2. The van der Waals surface area contributed by atoms with E-state index in [4.69, 9.17) is 9.47 Å². The summed E-state index contributed by atoms with van der Waals surface area (Å²) in [5.41, 5.74) is 0. The van der Waals surface area contributed by atoms with E-state index in [-0.39, 0.29) is 0 Å². The second-order valence-corrected chi connectivity index (χ2v) is 4.55. The number of ether oxygens (including phenoxy) is 2. The third-order valence-electron chi connectivity index (χ3n) is 1.95. The fourth-order valence-corrected chi connectivity index (χ4v) is 1.50. The smallest absolute Gasteiger partial charge is 0.217 e. The second-order valence-electron chi connectivity index (χ2n) is 3.74. The minimum Gasteiger partial charge on any atom is -0.477 e. The molecular formula is C11H17BrN2O2. The summed E-state index contributed by atoms with van der Waals surface area (Å²) < 4.78 is 11.2. The number of hydrogen-bond donors (Lipinski definition) is 0. The van der Waals surface area contributed by atoms with Crippen molar-refractivity contribution in [3.05, 3.63) is 16.5 Å². The van der Waals surface area contributed by atoms with Crippen LogP contribution in [0.1, 0.15) is 32.0 Å². The Kier molecular flexibility index (Phi) is 5.69. The van der Waals surface area contributed by atoms with Gasteiger partial charge in [0.15, 0.2) is 0 Å². The summed E-state index contributed by atoms with van der Waals surface area (Å²) in [6, 6.07) is 1.78. The highest BCUT2D eigenvalue weighted by Gasteiger charge is 2.07. The summed E-state index contributed by atoms with van der Waals surface area (Å²) in [5.74, 6) is 1.69. The standard InChI is InChI=1S/C11H17BrN2O2/c1-8(2)11-13-9(12)7-10(14-11)16-6-4-5-15-3/h7-8H,4-6H2,1-3H3. The Morgan fingerprint density at radius 1 is 1.31 bits per heavy atom. The molecule has 1 rings (SSSR count). The Balaban J connectivity index is 2.58. The van der Waals surface area contributed by atoms with Crippen molar-refractivity contribution in [1.29, 1.82) is 0 Å². The molecule has 0 aromatic carbocycles. The highest BCUT2D eigenvalue weighted by molar-refractivity contribution is 9.10. The summed E-state index contributed by atoms with van der Waals surface area (Å²) >= 11 is 3.35. The number of hydrogen-bond acceptors (Lipinski definition) is 4. The van der Waals surface area contributed by atoms with Gasteiger partial charge in [-0.15, -0.1) is 0 Å². The van der Waals surface area contributed by atoms with Crippen LogP contribution in [0.15, 0.2) is 10.7 Å². The fraction of sp³-hybridized carbons (Fsp3) is 0.636. The summed E-state index contributed by atoms with van der Waals surface area (Å²) in [7, 11) is 1.68. The molecule has 0 amide bonds. The van der Waals surface area contributed by atoms with Gasteiger partial charge in [-0.1, -0.05) is 13.8 Å². The zero-order chi connectivity index (χ0) is 12.0. The lowest BCUT2D eigenvalue weighted by molar-refractivity contribution is 0.170. The van der Waals surface area contributed by atoms with E-state index in [0.29, 0.717) is 25.0 Å². The number of rotatable bonds is 6. The van der Waals surface area contributed by atoms with Crippen LogP contribution >= 0.6 is 15.9 Å². The lowest BCUT2D eigenvalue weighted by Crippen LogP contribution is -2.05. The quantitative estimate of drug-likeness (QED) is 0.596. The number of methoxy groups -OCH3 is 1. The van der Waals surface area contributed by atoms with Gasteiger partial charge < -0.3 is 9.47 Å². The molecule has 0 aliphatic heterocycles. The molecule has 0 aliphatic carbocycles. The van der Waals surface area contributed by atoms with E-state index in [1.165, 1.54) is 0 Å². The monoisotopic (exact) mass is 288 g/mol. The van der Waals surface area contributed by atoms with Crippen LogP contribution in [0.25, 0.3) is 0 Å². The molecule has 16 heavy (non-hydrogen) atoms. The molecule has 0 saturated carbocycles. The average molecular weight is 289 g/mol. The van der Waals surface area contributed by atoms with Crippen LogP contribution < -0.4 is 4.74 Å². The molecule has 0 spiro atoms. The summed E-state index contributed by atoms with van der Waals surface area (Å²) in [4.78, 5) is 8.61. The largest absolute Gasteiger partial charge is 0.477 e. The molecule has 0 atom stereocenters. The molecule has 0 fully saturated rings. The normalized spacial score (nSPS) is 10.8. The Hall–Kier alpha value is -0.680. The summed E-state index contributed by atoms with van der Waals surface area (Å²) in [6.07, 6.45) is 0.856. The van der Waals surface area contributed by atoms with Crippen LogP contribution in [0.5, 0.6) is 5.88 Å². The molecule has 1 aromatic rings. The van der Waals surface area contributed by atoms with Crippen molar-refractivity contribution >= 4 is 15.9 Å². The number of halogens is 1. The van der Waals surface area contributed by atoms with Crippen LogP contribution in [-0.2, 0) is 4.74 Å². The minimum atomic E-state index is 0.291. The van der Waals surface area contributed by atoms with Gasteiger partial charge in [-0.3, -0.25) is 0 Å². The third-order valence-corrected chi connectivity index (χ3v) is 2.35. The van der Waals surface area contributed by atoms with Crippen molar-refractivity contribution in [3.63, 3.8) is 0 Å². The SMILES string of the molecule is COCCCOc1cc(Br)nc(C(C)C)n1. The Morgan fingerprint density at radius 2 is 2.06 bits per heavy atom. The van der Waals surface area contributed by atoms with Gasteiger partial charge in [0.25, 0.3) is 0 Å². The summed E-state index contributed by atoms with van der Waals surface area (Å²) in [6.45, 7) is 5.41. The van der Waals surface area contributed by atoms with E-state index >= 15 is 0 Å². The molecule has 1 aromatic heterocycles. The van der Waals surface area contributed by atoms with E-state index in [1.807, 2.05) is 0 Å². The second kappa shape index (κ2) is 6.81. The van der Waals surface area contributed by atoms with Gasteiger partial charge in [-0.05, 0) is 15.9 Å². The predicted octanol–water partition coefficient (Wildman–Crippen LogP) is 2.78. The first-order chi connectivity index (χ1) is 7.63. The lowest BCUT2D eigenvalue weighted by Gasteiger charge is -2.08. The van der Waals surface area contributed by atoms with E-state index in [1.54, 1.807) is 13.2 Å². The van der Waals surface area contributed by atoms with Crippen LogP contribution in [0.4, 0.5) is 0 Å². The van der Waals surface area contributed by atoms with Crippen LogP contribution in [0.2, 0.25) is 0 Å². The van der Waals surface area contributed by atoms with Crippen molar-refractivity contribution in [2.75, 3.05) is 20.3 Å². The van der Waals surface area contributed by atoms with E-state index in [2.05, 4.69) is 39.7 Å². The third kappa shape index (κ3) is 4.45. The van der Waals surface area contributed by atoms with Gasteiger partial charge in [-0.2, -0.15) is 4.98 Å². The van der Waals surface area contributed by atoms with Gasteiger partial charge in [0, 0.05) is 32.1 Å². The van der Waals surface area contributed by atoms with E-state index in [0.717, 1.165) is 16.8 Å². The summed E-state index contributed by atoms with van der Waals surface area (Å²) in [5, 5.41) is 0.